The first kappa shape index (κ1) is 15.1. The summed E-state index contributed by atoms with van der Waals surface area (Å²) in [5, 5.41) is 5.85. The quantitative estimate of drug-likeness (QED) is 0.810. The van der Waals surface area contributed by atoms with Gasteiger partial charge in [-0.3, -0.25) is 0 Å². The third-order valence-electron chi connectivity index (χ3n) is 3.47. The van der Waals surface area contributed by atoms with Crippen LogP contribution in [-0.2, 0) is 0 Å². The molecule has 3 nitrogen and oxygen atoms in total. The highest BCUT2D eigenvalue weighted by atomic mass is 16.2. The van der Waals surface area contributed by atoms with Gasteiger partial charge in [0.15, 0.2) is 0 Å². The summed E-state index contributed by atoms with van der Waals surface area (Å²) in [7, 11) is 0. The molecule has 0 fully saturated rings. The monoisotopic (exact) mass is 282 g/mol. The van der Waals surface area contributed by atoms with Crippen molar-refractivity contribution in [2.75, 3.05) is 10.6 Å². The van der Waals surface area contributed by atoms with Crippen molar-refractivity contribution < 1.29 is 4.79 Å². The lowest BCUT2D eigenvalue weighted by Gasteiger charge is -2.15. The van der Waals surface area contributed by atoms with Crippen LogP contribution < -0.4 is 10.6 Å². The van der Waals surface area contributed by atoms with Crippen molar-refractivity contribution >= 4 is 17.4 Å². The van der Waals surface area contributed by atoms with E-state index in [0.717, 1.165) is 28.1 Å². The molecule has 0 bridgehead atoms. The third kappa shape index (κ3) is 3.85. The fourth-order valence-electron chi connectivity index (χ4n) is 2.26. The van der Waals surface area contributed by atoms with Gasteiger partial charge in [-0.2, -0.15) is 0 Å². The molecule has 0 spiro atoms. The Morgan fingerprint density at radius 1 is 0.952 bits per heavy atom. The Morgan fingerprint density at radius 2 is 1.62 bits per heavy atom. The van der Waals surface area contributed by atoms with Gasteiger partial charge in [0.05, 0.1) is 0 Å². The Morgan fingerprint density at radius 3 is 2.33 bits per heavy atom. The summed E-state index contributed by atoms with van der Waals surface area (Å²) in [6.45, 7) is 8.22. The Labute approximate surface area is 126 Å². The van der Waals surface area contributed by atoms with Crippen molar-refractivity contribution in [3.05, 3.63) is 59.2 Å². The summed E-state index contributed by atoms with van der Waals surface area (Å²) in [4.78, 5) is 12.2. The van der Waals surface area contributed by atoms with Crippen molar-refractivity contribution in [2.24, 2.45) is 0 Å². The van der Waals surface area contributed by atoms with Crippen molar-refractivity contribution in [3.8, 4) is 0 Å². The average molecular weight is 282 g/mol. The van der Waals surface area contributed by atoms with Gasteiger partial charge in [-0.25, -0.2) is 4.79 Å². The van der Waals surface area contributed by atoms with Gasteiger partial charge >= 0.3 is 6.03 Å². The first-order chi connectivity index (χ1) is 9.97. The lowest BCUT2D eigenvalue weighted by Crippen LogP contribution is -2.21. The van der Waals surface area contributed by atoms with Crippen molar-refractivity contribution in [1.29, 1.82) is 0 Å². The van der Waals surface area contributed by atoms with Crippen LogP contribution in [0.5, 0.6) is 0 Å². The predicted molar refractivity (Wildman–Crippen MR) is 89.1 cm³/mol. The maximum atomic E-state index is 12.2. The predicted octanol–water partition coefficient (Wildman–Crippen LogP) is 5.07. The number of aryl methyl sites for hydroxylation is 2. The molecule has 0 aromatic heterocycles. The molecule has 3 heteroatoms. The van der Waals surface area contributed by atoms with Gasteiger partial charge in [0.25, 0.3) is 0 Å². The van der Waals surface area contributed by atoms with E-state index < -0.39 is 0 Å². The van der Waals surface area contributed by atoms with E-state index in [4.69, 9.17) is 0 Å². The minimum absolute atomic E-state index is 0.211. The number of anilines is 2. The van der Waals surface area contributed by atoms with E-state index >= 15 is 0 Å². The summed E-state index contributed by atoms with van der Waals surface area (Å²) in [5.41, 5.74) is 5.00. The maximum Gasteiger partial charge on any atom is 0.323 e. The molecule has 2 aromatic carbocycles. The fourth-order valence-corrected chi connectivity index (χ4v) is 2.26. The number of hydrogen-bond donors (Lipinski definition) is 2. The van der Waals surface area contributed by atoms with Crippen LogP contribution in [0.3, 0.4) is 0 Å². The number of carbonyl (C=O) groups is 1. The second-order valence-electron chi connectivity index (χ2n) is 5.64. The Balaban J connectivity index is 2.14. The summed E-state index contributed by atoms with van der Waals surface area (Å²) >= 11 is 0. The van der Waals surface area contributed by atoms with Crippen molar-refractivity contribution in [3.63, 3.8) is 0 Å². The van der Waals surface area contributed by atoms with Gasteiger partial charge in [-0.05, 0) is 48.6 Å². The number of nitrogens with one attached hydrogen (secondary N) is 2. The van der Waals surface area contributed by atoms with Crippen LogP contribution in [0, 0.1) is 13.8 Å². The van der Waals surface area contributed by atoms with E-state index in [1.165, 1.54) is 0 Å². The molecule has 2 N–H and O–H groups in total. The first-order valence-electron chi connectivity index (χ1n) is 7.21. The van der Waals surface area contributed by atoms with Crippen LogP contribution in [-0.4, -0.2) is 6.03 Å². The molecule has 0 unspecified atom stereocenters. The van der Waals surface area contributed by atoms with Crippen LogP contribution in [0.15, 0.2) is 42.5 Å². The van der Waals surface area contributed by atoms with Crippen LogP contribution in [0.1, 0.15) is 36.5 Å². The standard InChI is InChI=1S/C18H22N2O/c1-12(2)15-7-5-6-8-16(15)19-18(21)20-17-11-13(3)9-10-14(17)4/h5-12H,1-4H3,(H2,19,20,21). The van der Waals surface area contributed by atoms with Crippen LogP contribution in [0.4, 0.5) is 16.2 Å². The highest BCUT2D eigenvalue weighted by Gasteiger charge is 2.10. The van der Waals surface area contributed by atoms with Crippen LogP contribution >= 0.6 is 0 Å². The molecule has 21 heavy (non-hydrogen) atoms. The first-order valence-corrected chi connectivity index (χ1v) is 7.21. The molecular weight excluding hydrogens is 260 g/mol. The Kier molecular flexibility index (Phi) is 4.63. The molecule has 0 aliphatic rings. The molecule has 110 valence electrons. The molecule has 0 atom stereocenters. The smallest absolute Gasteiger partial charge is 0.307 e. The zero-order valence-electron chi connectivity index (χ0n) is 13.0. The largest absolute Gasteiger partial charge is 0.323 e. The number of rotatable bonds is 3. The topological polar surface area (TPSA) is 41.1 Å². The molecule has 2 aromatic rings. The third-order valence-corrected chi connectivity index (χ3v) is 3.47. The Hall–Kier alpha value is -2.29. The van der Waals surface area contributed by atoms with Gasteiger partial charge in [-0.15, -0.1) is 0 Å². The second kappa shape index (κ2) is 6.44. The maximum absolute atomic E-state index is 12.2. The van der Waals surface area contributed by atoms with Crippen molar-refractivity contribution in [1.82, 2.24) is 0 Å². The number of urea groups is 1. The summed E-state index contributed by atoms with van der Waals surface area (Å²) in [5.74, 6) is 0.363. The summed E-state index contributed by atoms with van der Waals surface area (Å²) < 4.78 is 0. The molecule has 0 saturated heterocycles. The lowest BCUT2D eigenvalue weighted by atomic mass is 10.0. The molecule has 0 heterocycles. The van der Waals surface area contributed by atoms with E-state index in [2.05, 4.69) is 24.5 Å². The van der Waals surface area contributed by atoms with E-state index in [1.54, 1.807) is 0 Å². The zero-order valence-corrected chi connectivity index (χ0v) is 13.0. The van der Waals surface area contributed by atoms with Gasteiger partial charge in [-0.1, -0.05) is 44.2 Å². The number of para-hydroxylation sites is 1. The zero-order chi connectivity index (χ0) is 15.4. The minimum atomic E-state index is -0.211. The van der Waals surface area contributed by atoms with Gasteiger partial charge in [0.1, 0.15) is 0 Å². The molecule has 2 rings (SSSR count). The molecular formula is C18H22N2O. The lowest BCUT2D eigenvalue weighted by molar-refractivity contribution is 0.262. The number of carbonyl (C=O) groups excluding carboxylic acids is 1. The molecule has 0 aliphatic heterocycles. The van der Waals surface area contributed by atoms with Crippen LogP contribution in [0.2, 0.25) is 0 Å². The summed E-state index contributed by atoms with van der Waals surface area (Å²) in [6, 6.07) is 13.7. The Bertz CT molecular complexity index is 647. The number of amides is 2. The average Bonchev–Trinajstić information content (AvgIpc) is 2.43. The van der Waals surface area contributed by atoms with E-state index in [-0.39, 0.29) is 6.03 Å². The second-order valence-corrected chi connectivity index (χ2v) is 5.64. The van der Waals surface area contributed by atoms with Gasteiger partial charge in [0, 0.05) is 11.4 Å². The SMILES string of the molecule is Cc1ccc(C)c(NC(=O)Nc2ccccc2C(C)C)c1. The molecule has 0 aliphatic carbocycles. The van der Waals surface area contributed by atoms with Crippen molar-refractivity contribution in [2.45, 2.75) is 33.6 Å². The molecule has 2 amide bonds. The number of hydrogen-bond acceptors (Lipinski definition) is 1. The fraction of sp³-hybridized carbons (Fsp3) is 0.278. The van der Waals surface area contributed by atoms with Gasteiger partial charge in [0.2, 0.25) is 0 Å². The minimum Gasteiger partial charge on any atom is -0.307 e. The van der Waals surface area contributed by atoms with Crippen LogP contribution in [0.25, 0.3) is 0 Å². The van der Waals surface area contributed by atoms with E-state index in [1.807, 2.05) is 56.3 Å². The number of benzene rings is 2. The van der Waals surface area contributed by atoms with E-state index in [9.17, 15) is 4.79 Å². The normalized spacial score (nSPS) is 10.5. The molecule has 0 radical (unpaired) electrons. The highest BCUT2D eigenvalue weighted by Crippen LogP contribution is 2.24. The molecule has 0 saturated carbocycles. The summed E-state index contributed by atoms with van der Waals surface area (Å²) in [6.07, 6.45) is 0. The van der Waals surface area contributed by atoms with Gasteiger partial charge < -0.3 is 10.6 Å². The highest BCUT2D eigenvalue weighted by molar-refractivity contribution is 6.00. The van der Waals surface area contributed by atoms with E-state index in [0.29, 0.717) is 5.92 Å².